The van der Waals surface area contributed by atoms with Gasteiger partial charge in [0.15, 0.2) is 0 Å². The third-order valence-electron chi connectivity index (χ3n) is 3.02. The average Bonchev–Trinajstić information content (AvgIpc) is 2.77. The molecule has 86 valence electrons. The number of carbonyl (C=O) groups excluding carboxylic acids is 1. The van der Waals surface area contributed by atoms with E-state index < -0.39 is 0 Å². The average molecular weight is 211 g/mol. The molecule has 1 aliphatic heterocycles. The van der Waals surface area contributed by atoms with Crippen LogP contribution in [0, 0.1) is 0 Å². The molecule has 0 aromatic carbocycles. The van der Waals surface area contributed by atoms with Gasteiger partial charge in [-0.25, -0.2) is 0 Å². The first-order valence-electron chi connectivity index (χ1n) is 5.48. The van der Waals surface area contributed by atoms with Crippen LogP contribution in [0.1, 0.15) is 13.3 Å². The summed E-state index contributed by atoms with van der Waals surface area (Å²) < 4.78 is 0. The minimum atomic E-state index is -0.0742. The minimum absolute atomic E-state index is 0.0734. The molecule has 0 aromatic heterocycles. The van der Waals surface area contributed by atoms with Crippen LogP contribution in [-0.4, -0.2) is 49.6 Å². The van der Waals surface area contributed by atoms with Crippen molar-refractivity contribution in [3.8, 4) is 0 Å². The highest BCUT2D eigenvalue weighted by Gasteiger charge is 2.26. The Morgan fingerprint density at radius 1 is 1.80 bits per heavy atom. The summed E-state index contributed by atoms with van der Waals surface area (Å²) in [5, 5.41) is 6.12. The second-order valence-corrected chi connectivity index (χ2v) is 4.02. The molecule has 2 N–H and O–H groups in total. The summed E-state index contributed by atoms with van der Waals surface area (Å²) in [6.07, 6.45) is 2.82. The summed E-state index contributed by atoms with van der Waals surface area (Å²) in [5.74, 6) is 0.0734. The number of carbonyl (C=O) groups is 1. The van der Waals surface area contributed by atoms with Crippen LogP contribution in [0.15, 0.2) is 12.7 Å². The molecule has 1 saturated heterocycles. The first-order chi connectivity index (χ1) is 7.16. The maximum atomic E-state index is 11.7. The quantitative estimate of drug-likeness (QED) is 0.628. The molecule has 1 aliphatic rings. The van der Waals surface area contributed by atoms with Gasteiger partial charge in [-0.15, -0.1) is 6.58 Å². The third-order valence-corrected chi connectivity index (χ3v) is 3.02. The highest BCUT2D eigenvalue weighted by molar-refractivity contribution is 5.81. The first kappa shape index (κ1) is 12.2. The predicted octanol–water partition coefficient (Wildman–Crippen LogP) is -0.0292. The number of nitrogens with one attached hydrogen (secondary N) is 2. The van der Waals surface area contributed by atoms with Gasteiger partial charge in [0, 0.05) is 19.1 Å². The SMILES string of the molecule is C=CCNC(=O)C(C)N(C)C1CCNC1. The number of rotatable bonds is 5. The van der Waals surface area contributed by atoms with Crippen molar-refractivity contribution in [1.82, 2.24) is 15.5 Å². The number of nitrogens with zero attached hydrogens (tertiary/aromatic N) is 1. The van der Waals surface area contributed by atoms with Crippen LogP contribution in [0.5, 0.6) is 0 Å². The monoisotopic (exact) mass is 211 g/mol. The Morgan fingerprint density at radius 2 is 2.53 bits per heavy atom. The molecule has 15 heavy (non-hydrogen) atoms. The molecule has 0 bridgehead atoms. The van der Waals surface area contributed by atoms with Gasteiger partial charge < -0.3 is 10.6 Å². The zero-order chi connectivity index (χ0) is 11.3. The fraction of sp³-hybridized carbons (Fsp3) is 0.727. The minimum Gasteiger partial charge on any atom is -0.351 e. The summed E-state index contributed by atoms with van der Waals surface area (Å²) in [5.41, 5.74) is 0. The lowest BCUT2D eigenvalue weighted by atomic mass is 10.1. The van der Waals surface area contributed by atoms with Gasteiger partial charge in [0.2, 0.25) is 5.91 Å². The van der Waals surface area contributed by atoms with Crippen LogP contribution in [-0.2, 0) is 4.79 Å². The van der Waals surface area contributed by atoms with Crippen molar-refractivity contribution < 1.29 is 4.79 Å². The summed E-state index contributed by atoms with van der Waals surface area (Å²) >= 11 is 0. The summed E-state index contributed by atoms with van der Waals surface area (Å²) in [7, 11) is 2.01. The van der Waals surface area contributed by atoms with E-state index in [0.29, 0.717) is 12.6 Å². The lowest BCUT2D eigenvalue weighted by Gasteiger charge is -2.29. The van der Waals surface area contributed by atoms with Crippen LogP contribution < -0.4 is 10.6 Å². The molecule has 1 fully saturated rings. The van der Waals surface area contributed by atoms with Gasteiger partial charge in [-0.1, -0.05) is 6.08 Å². The Balaban J connectivity index is 2.39. The Labute approximate surface area is 91.7 Å². The summed E-state index contributed by atoms with van der Waals surface area (Å²) in [6, 6.07) is 0.407. The van der Waals surface area contributed by atoms with Gasteiger partial charge in [0.25, 0.3) is 0 Å². The predicted molar refractivity (Wildman–Crippen MR) is 61.7 cm³/mol. The van der Waals surface area contributed by atoms with Crippen LogP contribution in [0.2, 0.25) is 0 Å². The van der Waals surface area contributed by atoms with Gasteiger partial charge >= 0.3 is 0 Å². The van der Waals surface area contributed by atoms with E-state index in [4.69, 9.17) is 0 Å². The highest BCUT2D eigenvalue weighted by atomic mass is 16.2. The van der Waals surface area contributed by atoms with Gasteiger partial charge in [0.1, 0.15) is 0 Å². The fourth-order valence-corrected chi connectivity index (χ4v) is 1.81. The van der Waals surface area contributed by atoms with E-state index in [1.807, 2.05) is 14.0 Å². The molecule has 1 rings (SSSR count). The normalized spacial score (nSPS) is 22.7. The zero-order valence-corrected chi connectivity index (χ0v) is 9.62. The van der Waals surface area contributed by atoms with E-state index in [0.717, 1.165) is 19.5 Å². The van der Waals surface area contributed by atoms with Gasteiger partial charge in [-0.2, -0.15) is 0 Å². The van der Waals surface area contributed by atoms with E-state index in [-0.39, 0.29) is 11.9 Å². The lowest BCUT2D eigenvalue weighted by Crippen LogP contribution is -2.48. The molecule has 0 aromatic rings. The Kier molecular flexibility index (Phi) is 4.78. The Hall–Kier alpha value is -0.870. The van der Waals surface area contributed by atoms with Crippen molar-refractivity contribution in [2.45, 2.75) is 25.4 Å². The number of amides is 1. The number of likely N-dealkylation sites (N-methyl/N-ethyl adjacent to an activating group) is 1. The maximum absolute atomic E-state index is 11.7. The van der Waals surface area contributed by atoms with Crippen LogP contribution >= 0.6 is 0 Å². The molecule has 2 atom stereocenters. The van der Waals surface area contributed by atoms with Crippen molar-refractivity contribution in [3.05, 3.63) is 12.7 Å². The Bertz CT molecular complexity index is 224. The van der Waals surface area contributed by atoms with Gasteiger partial charge in [-0.05, 0) is 26.9 Å². The zero-order valence-electron chi connectivity index (χ0n) is 9.62. The molecule has 4 nitrogen and oxygen atoms in total. The maximum Gasteiger partial charge on any atom is 0.237 e. The molecular weight excluding hydrogens is 190 g/mol. The second-order valence-electron chi connectivity index (χ2n) is 4.02. The van der Waals surface area contributed by atoms with E-state index in [1.54, 1.807) is 6.08 Å². The topological polar surface area (TPSA) is 44.4 Å². The molecule has 0 aliphatic carbocycles. The molecule has 0 radical (unpaired) electrons. The van der Waals surface area contributed by atoms with Crippen molar-refractivity contribution >= 4 is 5.91 Å². The highest BCUT2D eigenvalue weighted by Crippen LogP contribution is 2.09. The molecule has 0 saturated carbocycles. The molecule has 0 spiro atoms. The summed E-state index contributed by atoms with van der Waals surface area (Å²) in [4.78, 5) is 13.8. The van der Waals surface area contributed by atoms with Crippen molar-refractivity contribution in [2.24, 2.45) is 0 Å². The van der Waals surface area contributed by atoms with E-state index in [9.17, 15) is 4.79 Å². The van der Waals surface area contributed by atoms with E-state index in [1.165, 1.54) is 0 Å². The van der Waals surface area contributed by atoms with Crippen molar-refractivity contribution in [1.29, 1.82) is 0 Å². The lowest BCUT2D eigenvalue weighted by molar-refractivity contribution is -0.125. The third kappa shape index (κ3) is 3.32. The molecule has 2 unspecified atom stereocenters. The standard InChI is InChI=1S/C11H21N3O/c1-4-6-13-11(15)9(2)14(3)10-5-7-12-8-10/h4,9-10,12H,1,5-8H2,2-3H3,(H,13,15). The first-order valence-corrected chi connectivity index (χ1v) is 5.48. The molecule has 1 heterocycles. The molecular formula is C11H21N3O. The van der Waals surface area contributed by atoms with E-state index >= 15 is 0 Å². The molecule has 1 amide bonds. The van der Waals surface area contributed by atoms with Crippen LogP contribution in [0.25, 0.3) is 0 Å². The number of hydrogen-bond acceptors (Lipinski definition) is 3. The van der Waals surface area contributed by atoms with Gasteiger partial charge in [-0.3, -0.25) is 9.69 Å². The van der Waals surface area contributed by atoms with Crippen molar-refractivity contribution in [2.75, 3.05) is 26.7 Å². The van der Waals surface area contributed by atoms with Crippen LogP contribution in [0.4, 0.5) is 0 Å². The van der Waals surface area contributed by atoms with Gasteiger partial charge in [0.05, 0.1) is 6.04 Å². The largest absolute Gasteiger partial charge is 0.351 e. The fourth-order valence-electron chi connectivity index (χ4n) is 1.81. The number of hydrogen-bond donors (Lipinski definition) is 2. The van der Waals surface area contributed by atoms with Crippen molar-refractivity contribution in [3.63, 3.8) is 0 Å². The molecule has 4 heteroatoms. The summed E-state index contributed by atoms with van der Waals surface area (Å²) in [6.45, 7) is 8.09. The Morgan fingerprint density at radius 3 is 3.07 bits per heavy atom. The van der Waals surface area contributed by atoms with E-state index in [2.05, 4.69) is 22.1 Å². The smallest absolute Gasteiger partial charge is 0.237 e. The van der Waals surface area contributed by atoms with Crippen LogP contribution in [0.3, 0.4) is 0 Å². The second kappa shape index (κ2) is 5.88.